The third kappa shape index (κ3) is 2.09. The van der Waals surface area contributed by atoms with E-state index in [1.54, 1.807) is 12.4 Å². The maximum atomic E-state index is 9.28. The summed E-state index contributed by atoms with van der Waals surface area (Å²) in [6, 6.07) is 13.3. The Morgan fingerprint density at radius 2 is 1.96 bits per heavy atom. The van der Waals surface area contributed by atoms with E-state index in [1.807, 2.05) is 41.7 Å². The van der Waals surface area contributed by atoms with E-state index < -0.39 is 0 Å². The summed E-state index contributed by atoms with van der Waals surface area (Å²) < 4.78 is 7.98. The Labute approximate surface area is 132 Å². The zero-order valence-corrected chi connectivity index (χ0v) is 12.8. The van der Waals surface area contributed by atoms with Gasteiger partial charge in [-0.05, 0) is 43.7 Å². The van der Waals surface area contributed by atoms with Gasteiger partial charge in [0.05, 0.1) is 5.52 Å². The summed E-state index contributed by atoms with van der Waals surface area (Å²) >= 11 is 0. The summed E-state index contributed by atoms with van der Waals surface area (Å²) in [5, 5.41) is 13.9. The summed E-state index contributed by atoms with van der Waals surface area (Å²) in [5.74, 6) is 0.567. The fraction of sp³-hybridized carbons (Fsp3) is 0.111. The van der Waals surface area contributed by atoms with Gasteiger partial charge in [0, 0.05) is 17.1 Å². The lowest BCUT2D eigenvalue weighted by Gasteiger charge is -2.05. The lowest BCUT2D eigenvalue weighted by atomic mass is 10.2. The van der Waals surface area contributed by atoms with E-state index in [1.165, 1.54) is 5.56 Å². The zero-order valence-electron chi connectivity index (χ0n) is 12.8. The van der Waals surface area contributed by atoms with Crippen LogP contribution in [0.4, 0.5) is 0 Å². The van der Waals surface area contributed by atoms with Crippen LogP contribution in [-0.2, 0) is 0 Å². The van der Waals surface area contributed by atoms with Gasteiger partial charge in [0.15, 0.2) is 5.76 Å². The number of aryl methyl sites for hydroxylation is 2. The second kappa shape index (κ2) is 4.98. The highest BCUT2D eigenvalue weighted by Crippen LogP contribution is 2.24. The third-order valence-corrected chi connectivity index (χ3v) is 4.07. The molecule has 0 aliphatic heterocycles. The van der Waals surface area contributed by atoms with Crippen molar-refractivity contribution in [2.75, 3.05) is 0 Å². The average Bonchev–Trinajstić information content (AvgIpc) is 2.87. The first kappa shape index (κ1) is 13.6. The Morgan fingerprint density at radius 1 is 1.13 bits per heavy atom. The van der Waals surface area contributed by atoms with Gasteiger partial charge in [-0.15, -0.1) is 0 Å². The van der Waals surface area contributed by atoms with E-state index in [-0.39, 0.29) is 0 Å². The average molecular weight is 305 g/mol. The molecule has 4 aromatic rings. The number of aromatic nitrogens is 2. The monoisotopic (exact) mass is 305 g/mol. The molecule has 5 heteroatoms. The van der Waals surface area contributed by atoms with E-state index >= 15 is 0 Å². The minimum atomic E-state index is 0.465. The van der Waals surface area contributed by atoms with Crippen molar-refractivity contribution in [3.05, 3.63) is 65.4 Å². The van der Waals surface area contributed by atoms with Crippen molar-refractivity contribution in [3.63, 3.8) is 0 Å². The van der Waals surface area contributed by atoms with Gasteiger partial charge in [-0.3, -0.25) is 0 Å². The van der Waals surface area contributed by atoms with E-state index in [9.17, 15) is 5.21 Å². The predicted molar refractivity (Wildman–Crippen MR) is 87.2 cm³/mol. The molecule has 23 heavy (non-hydrogen) atoms. The molecule has 1 N–H and O–H groups in total. The summed E-state index contributed by atoms with van der Waals surface area (Å²) in [6.07, 6.45) is 1.79. The van der Waals surface area contributed by atoms with E-state index in [2.05, 4.69) is 23.1 Å². The lowest BCUT2D eigenvalue weighted by molar-refractivity contribution is 0.302. The molecule has 0 amide bonds. The first-order valence-electron chi connectivity index (χ1n) is 7.33. The van der Waals surface area contributed by atoms with Gasteiger partial charge in [0.2, 0.25) is 0 Å². The topological polar surface area (TPSA) is 63.0 Å². The highest BCUT2D eigenvalue weighted by Gasteiger charge is 2.10. The van der Waals surface area contributed by atoms with Crippen LogP contribution in [-0.4, -0.2) is 14.6 Å². The molecule has 4 rings (SSSR count). The quantitative estimate of drug-likeness (QED) is 0.431. The largest absolute Gasteiger partial charge is 0.454 e. The fourth-order valence-corrected chi connectivity index (χ4v) is 2.92. The number of benzene rings is 1. The van der Waals surface area contributed by atoms with Crippen molar-refractivity contribution in [2.45, 2.75) is 13.8 Å². The van der Waals surface area contributed by atoms with Crippen LogP contribution in [0.1, 0.15) is 11.3 Å². The van der Waals surface area contributed by atoms with Crippen LogP contribution >= 0.6 is 0 Å². The normalized spacial score (nSPS) is 12.3. The molecule has 0 atom stereocenters. The predicted octanol–water partition coefficient (Wildman–Crippen LogP) is 3.65. The second-order valence-corrected chi connectivity index (χ2v) is 5.59. The van der Waals surface area contributed by atoms with Gasteiger partial charge in [0.25, 0.3) is 0 Å². The van der Waals surface area contributed by atoms with Crippen LogP contribution in [0.3, 0.4) is 0 Å². The van der Waals surface area contributed by atoms with Gasteiger partial charge in [-0.2, -0.15) is 0 Å². The summed E-state index contributed by atoms with van der Waals surface area (Å²) in [7, 11) is 0. The molecular weight excluding hydrogens is 290 g/mol. The first-order valence-corrected chi connectivity index (χ1v) is 7.33. The molecule has 0 saturated carbocycles. The number of fused-ring (bicyclic) bond motifs is 2. The molecule has 0 aliphatic rings. The summed E-state index contributed by atoms with van der Waals surface area (Å²) in [4.78, 5) is 4.48. The van der Waals surface area contributed by atoms with Gasteiger partial charge >= 0.3 is 0 Å². The van der Waals surface area contributed by atoms with Crippen LogP contribution in [0.15, 0.2) is 58.4 Å². The smallest absolute Gasteiger partial charge is 0.155 e. The molecule has 1 aromatic carbocycles. The van der Waals surface area contributed by atoms with Crippen molar-refractivity contribution in [1.82, 2.24) is 9.38 Å². The van der Waals surface area contributed by atoms with Crippen molar-refractivity contribution < 1.29 is 9.62 Å². The Hall–Kier alpha value is -3.08. The van der Waals surface area contributed by atoms with Crippen LogP contribution in [0.5, 0.6) is 0 Å². The van der Waals surface area contributed by atoms with E-state index in [4.69, 9.17) is 4.42 Å². The SMILES string of the molecule is Cc1cc(C)n2cnc(-c3cc(=NO)c4ccccc4o3)cc12. The minimum Gasteiger partial charge on any atom is -0.454 e. The van der Waals surface area contributed by atoms with Crippen molar-refractivity contribution in [3.8, 4) is 11.5 Å². The standard InChI is InChI=1S/C18H15N3O2/c1-11-7-12(2)21-10-19-15(8-16(11)21)18-9-14(20-22)13-5-3-4-6-17(13)23-18/h3-10,22H,1-2H3. The van der Waals surface area contributed by atoms with Gasteiger partial charge in [-0.25, -0.2) is 4.98 Å². The molecular formula is C18H15N3O2. The molecule has 0 spiro atoms. The second-order valence-electron chi connectivity index (χ2n) is 5.59. The van der Waals surface area contributed by atoms with Crippen LogP contribution in [0.25, 0.3) is 27.9 Å². The highest BCUT2D eigenvalue weighted by atomic mass is 16.4. The van der Waals surface area contributed by atoms with E-state index in [0.29, 0.717) is 22.4 Å². The number of nitrogens with zero attached hydrogens (tertiary/aromatic N) is 3. The minimum absolute atomic E-state index is 0.465. The number of hydrogen-bond acceptors (Lipinski definition) is 4. The maximum absolute atomic E-state index is 9.28. The Balaban J connectivity index is 2.00. The van der Waals surface area contributed by atoms with Gasteiger partial charge in [-0.1, -0.05) is 17.3 Å². The van der Waals surface area contributed by atoms with Crippen LogP contribution in [0, 0.1) is 13.8 Å². The zero-order chi connectivity index (χ0) is 16.0. The molecule has 0 radical (unpaired) electrons. The van der Waals surface area contributed by atoms with E-state index in [0.717, 1.165) is 16.6 Å². The number of rotatable bonds is 1. The molecule has 3 aromatic heterocycles. The van der Waals surface area contributed by atoms with Crippen LogP contribution in [0.2, 0.25) is 0 Å². The Kier molecular flexibility index (Phi) is 2.94. The number of hydrogen-bond donors (Lipinski definition) is 1. The molecule has 114 valence electrons. The fourth-order valence-electron chi connectivity index (χ4n) is 2.92. The highest BCUT2D eigenvalue weighted by molar-refractivity contribution is 5.78. The van der Waals surface area contributed by atoms with Gasteiger partial charge < -0.3 is 14.0 Å². The van der Waals surface area contributed by atoms with Crippen LogP contribution < -0.4 is 5.36 Å². The van der Waals surface area contributed by atoms with Crippen molar-refractivity contribution in [1.29, 1.82) is 0 Å². The molecule has 5 nitrogen and oxygen atoms in total. The molecule has 0 saturated heterocycles. The molecule has 0 fully saturated rings. The lowest BCUT2D eigenvalue weighted by Crippen LogP contribution is -2.03. The van der Waals surface area contributed by atoms with Crippen molar-refractivity contribution >= 4 is 16.5 Å². The molecule has 0 unspecified atom stereocenters. The number of para-hydroxylation sites is 1. The van der Waals surface area contributed by atoms with Gasteiger partial charge in [0.1, 0.15) is 23.0 Å². The first-order chi connectivity index (χ1) is 11.2. The molecule has 0 bridgehead atoms. The maximum Gasteiger partial charge on any atom is 0.155 e. The molecule has 3 heterocycles. The summed E-state index contributed by atoms with van der Waals surface area (Å²) in [5.41, 5.74) is 4.76. The summed E-state index contributed by atoms with van der Waals surface area (Å²) in [6.45, 7) is 4.11. The molecule has 0 aliphatic carbocycles. The Bertz CT molecular complexity index is 1110. The third-order valence-electron chi connectivity index (χ3n) is 4.07. The Morgan fingerprint density at radius 3 is 2.78 bits per heavy atom. The van der Waals surface area contributed by atoms with Crippen molar-refractivity contribution in [2.24, 2.45) is 5.16 Å².